The quantitative estimate of drug-likeness (QED) is 0.703. The Morgan fingerprint density at radius 2 is 1.30 bits per heavy atom. The molecule has 0 atom stereocenters. The van der Waals surface area contributed by atoms with Crippen molar-refractivity contribution in [3.8, 4) is 22.5 Å². The third-order valence-corrected chi connectivity index (χ3v) is 3.52. The number of halogens is 1. The van der Waals surface area contributed by atoms with E-state index in [0.717, 1.165) is 22.5 Å². The first kappa shape index (κ1) is 12.9. The number of nitrogens with one attached hydrogen (secondary N) is 1. The molecule has 20 heavy (non-hydrogen) atoms. The first-order chi connectivity index (χ1) is 9.63. The molecule has 2 nitrogen and oxygen atoms in total. The highest BCUT2D eigenvalue weighted by molar-refractivity contribution is 6.28. The Labute approximate surface area is 123 Å². The molecule has 0 saturated heterocycles. The lowest BCUT2D eigenvalue weighted by atomic mass is 10.0. The minimum atomic E-state index is 0.413. The van der Waals surface area contributed by atoms with Gasteiger partial charge in [0.25, 0.3) is 0 Å². The van der Waals surface area contributed by atoms with Gasteiger partial charge < -0.3 is 4.98 Å². The molecule has 1 N–H and O–H groups in total. The molecule has 0 spiro atoms. The number of aromatic nitrogens is 2. The number of rotatable bonds is 2. The maximum Gasteiger partial charge on any atom is 0.201 e. The van der Waals surface area contributed by atoms with Gasteiger partial charge in [-0.25, -0.2) is 4.98 Å². The lowest BCUT2D eigenvalue weighted by Gasteiger charge is -2.04. The van der Waals surface area contributed by atoms with E-state index in [0.29, 0.717) is 5.28 Å². The maximum absolute atomic E-state index is 6.06. The van der Waals surface area contributed by atoms with Crippen LogP contribution >= 0.6 is 11.6 Å². The molecular weight excluding hydrogens is 268 g/mol. The zero-order valence-corrected chi connectivity index (χ0v) is 12.2. The highest BCUT2D eigenvalue weighted by Crippen LogP contribution is 2.31. The van der Waals surface area contributed by atoms with Gasteiger partial charge in [-0.05, 0) is 25.4 Å². The molecule has 0 amide bonds. The second-order valence-electron chi connectivity index (χ2n) is 4.98. The van der Waals surface area contributed by atoms with Crippen LogP contribution < -0.4 is 0 Å². The van der Waals surface area contributed by atoms with Crippen LogP contribution in [0, 0.1) is 13.8 Å². The van der Waals surface area contributed by atoms with Gasteiger partial charge in [-0.3, -0.25) is 0 Å². The van der Waals surface area contributed by atoms with Crippen molar-refractivity contribution >= 4 is 11.6 Å². The van der Waals surface area contributed by atoms with Gasteiger partial charge in [-0.2, -0.15) is 0 Å². The molecule has 0 aliphatic heterocycles. The average Bonchev–Trinajstić information content (AvgIpc) is 2.82. The molecule has 0 unspecified atom stereocenters. The Hall–Kier alpha value is -2.06. The van der Waals surface area contributed by atoms with Gasteiger partial charge in [-0.15, -0.1) is 0 Å². The first-order valence-corrected chi connectivity index (χ1v) is 6.91. The highest BCUT2D eigenvalue weighted by Gasteiger charge is 2.12. The van der Waals surface area contributed by atoms with Crippen molar-refractivity contribution in [1.29, 1.82) is 0 Å². The summed E-state index contributed by atoms with van der Waals surface area (Å²) in [7, 11) is 0. The number of hydrogen-bond acceptors (Lipinski definition) is 1. The molecule has 0 aliphatic rings. The number of aryl methyl sites for hydroxylation is 2. The topological polar surface area (TPSA) is 28.7 Å². The van der Waals surface area contributed by atoms with Crippen LogP contribution in [0.4, 0.5) is 0 Å². The van der Waals surface area contributed by atoms with Crippen molar-refractivity contribution in [2.24, 2.45) is 0 Å². The predicted octanol–water partition coefficient (Wildman–Crippen LogP) is 5.01. The van der Waals surface area contributed by atoms with Gasteiger partial charge in [0.05, 0.1) is 11.4 Å². The van der Waals surface area contributed by atoms with E-state index in [4.69, 9.17) is 11.6 Å². The zero-order chi connectivity index (χ0) is 14.1. The molecule has 1 heterocycles. The summed E-state index contributed by atoms with van der Waals surface area (Å²) in [4.78, 5) is 7.57. The van der Waals surface area contributed by atoms with Crippen molar-refractivity contribution in [3.05, 3.63) is 64.9 Å². The molecule has 0 fully saturated rings. The van der Waals surface area contributed by atoms with E-state index in [1.54, 1.807) is 0 Å². The second kappa shape index (κ2) is 5.14. The Bertz CT molecular complexity index is 662. The summed E-state index contributed by atoms with van der Waals surface area (Å²) in [6.45, 7) is 4.15. The van der Waals surface area contributed by atoms with Crippen LogP contribution in [-0.4, -0.2) is 9.97 Å². The van der Waals surface area contributed by atoms with Crippen LogP contribution in [0.25, 0.3) is 22.5 Å². The standard InChI is InChI=1S/C17H15ClN2/c1-11-3-7-13(8-4-11)15-16(20-17(18)19-15)14-9-5-12(2)6-10-14/h3-10H,1-2H3,(H,19,20). The summed E-state index contributed by atoms with van der Waals surface area (Å²) in [5.74, 6) is 0. The summed E-state index contributed by atoms with van der Waals surface area (Å²) >= 11 is 6.06. The van der Waals surface area contributed by atoms with Crippen LogP contribution in [0.3, 0.4) is 0 Å². The van der Waals surface area contributed by atoms with E-state index >= 15 is 0 Å². The third-order valence-electron chi connectivity index (χ3n) is 3.34. The fraction of sp³-hybridized carbons (Fsp3) is 0.118. The van der Waals surface area contributed by atoms with Gasteiger partial charge >= 0.3 is 0 Å². The van der Waals surface area contributed by atoms with Gasteiger partial charge in [0.1, 0.15) is 0 Å². The molecular formula is C17H15ClN2. The van der Waals surface area contributed by atoms with Crippen LogP contribution in [0.5, 0.6) is 0 Å². The lowest BCUT2D eigenvalue weighted by molar-refractivity contribution is 1.31. The van der Waals surface area contributed by atoms with E-state index in [1.165, 1.54) is 11.1 Å². The number of nitrogens with zero attached hydrogens (tertiary/aromatic N) is 1. The summed E-state index contributed by atoms with van der Waals surface area (Å²) < 4.78 is 0. The number of benzene rings is 2. The summed E-state index contributed by atoms with van der Waals surface area (Å²) in [6.07, 6.45) is 0. The largest absolute Gasteiger partial charge is 0.328 e. The third kappa shape index (κ3) is 2.47. The molecule has 3 rings (SSSR count). The summed E-state index contributed by atoms with van der Waals surface area (Å²) in [5.41, 5.74) is 6.46. The average molecular weight is 283 g/mol. The Kier molecular flexibility index (Phi) is 3.33. The van der Waals surface area contributed by atoms with E-state index in [2.05, 4.69) is 72.3 Å². The first-order valence-electron chi connectivity index (χ1n) is 6.53. The smallest absolute Gasteiger partial charge is 0.201 e. The molecule has 0 bridgehead atoms. The van der Waals surface area contributed by atoms with Gasteiger partial charge in [0.2, 0.25) is 5.28 Å². The predicted molar refractivity (Wildman–Crippen MR) is 83.9 cm³/mol. The Morgan fingerprint density at radius 1 is 0.800 bits per heavy atom. The maximum atomic E-state index is 6.06. The SMILES string of the molecule is Cc1ccc(-c2nc(Cl)[nH]c2-c2ccc(C)cc2)cc1. The fourth-order valence-electron chi connectivity index (χ4n) is 2.19. The number of aromatic amines is 1. The Balaban J connectivity index is 2.12. The second-order valence-corrected chi connectivity index (χ2v) is 5.34. The molecule has 3 aromatic rings. The fourth-order valence-corrected chi connectivity index (χ4v) is 2.37. The zero-order valence-electron chi connectivity index (χ0n) is 11.4. The number of hydrogen-bond donors (Lipinski definition) is 1. The molecule has 1 aromatic heterocycles. The van der Waals surface area contributed by atoms with Crippen molar-refractivity contribution in [2.75, 3.05) is 0 Å². The van der Waals surface area contributed by atoms with Gasteiger partial charge in [0.15, 0.2) is 0 Å². The number of H-pyrrole nitrogens is 1. The minimum Gasteiger partial charge on any atom is -0.328 e. The molecule has 0 aliphatic carbocycles. The van der Waals surface area contributed by atoms with Crippen molar-refractivity contribution < 1.29 is 0 Å². The van der Waals surface area contributed by atoms with E-state index < -0.39 is 0 Å². The van der Waals surface area contributed by atoms with Crippen LogP contribution in [-0.2, 0) is 0 Å². The van der Waals surface area contributed by atoms with E-state index in [-0.39, 0.29) is 0 Å². The monoisotopic (exact) mass is 282 g/mol. The lowest BCUT2D eigenvalue weighted by Crippen LogP contribution is -1.84. The van der Waals surface area contributed by atoms with E-state index in [1.807, 2.05) is 0 Å². The number of imidazole rings is 1. The molecule has 100 valence electrons. The highest BCUT2D eigenvalue weighted by atomic mass is 35.5. The van der Waals surface area contributed by atoms with Crippen LogP contribution in [0.1, 0.15) is 11.1 Å². The van der Waals surface area contributed by atoms with Gasteiger partial charge in [0, 0.05) is 11.1 Å². The molecule has 0 radical (unpaired) electrons. The van der Waals surface area contributed by atoms with Crippen molar-refractivity contribution in [3.63, 3.8) is 0 Å². The molecule has 0 saturated carbocycles. The van der Waals surface area contributed by atoms with Crippen molar-refractivity contribution in [1.82, 2.24) is 9.97 Å². The molecule has 3 heteroatoms. The normalized spacial score (nSPS) is 10.8. The summed E-state index contributed by atoms with van der Waals surface area (Å²) in [6, 6.07) is 16.6. The Morgan fingerprint density at radius 3 is 1.85 bits per heavy atom. The van der Waals surface area contributed by atoms with E-state index in [9.17, 15) is 0 Å². The van der Waals surface area contributed by atoms with Crippen molar-refractivity contribution in [2.45, 2.75) is 13.8 Å². The van der Waals surface area contributed by atoms with Crippen LogP contribution in [0.2, 0.25) is 5.28 Å². The summed E-state index contributed by atoms with van der Waals surface area (Å²) in [5, 5.41) is 0.413. The van der Waals surface area contributed by atoms with Crippen LogP contribution in [0.15, 0.2) is 48.5 Å². The molecule has 2 aromatic carbocycles. The van der Waals surface area contributed by atoms with Gasteiger partial charge in [-0.1, -0.05) is 59.7 Å². The minimum absolute atomic E-state index is 0.413.